The molecular formula is C22H17ClFN5O4S. The number of carbonyl (C=O) groups excluding carboxylic acids is 1. The van der Waals surface area contributed by atoms with Gasteiger partial charge in [-0.3, -0.25) is 4.79 Å². The molecule has 0 radical (unpaired) electrons. The molecule has 0 saturated heterocycles. The van der Waals surface area contributed by atoms with Crippen molar-refractivity contribution >= 4 is 33.0 Å². The minimum Gasteiger partial charge on any atom is -0.419 e. The first-order chi connectivity index (χ1) is 16.1. The highest BCUT2D eigenvalue weighted by molar-refractivity contribution is 7.91. The second-order valence-electron chi connectivity index (χ2n) is 8.34. The van der Waals surface area contributed by atoms with Gasteiger partial charge in [-0.15, -0.1) is 10.2 Å². The van der Waals surface area contributed by atoms with Gasteiger partial charge in [0.1, 0.15) is 11.2 Å². The van der Waals surface area contributed by atoms with E-state index >= 15 is 4.39 Å². The second-order valence-corrected chi connectivity index (χ2v) is 10.8. The summed E-state index contributed by atoms with van der Waals surface area (Å²) in [7, 11) is -4.08. The van der Waals surface area contributed by atoms with Gasteiger partial charge in [-0.25, -0.2) is 12.8 Å². The van der Waals surface area contributed by atoms with Gasteiger partial charge in [0.2, 0.25) is 11.8 Å². The van der Waals surface area contributed by atoms with Crippen LogP contribution in [0.25, 0.3) is 11.5 Å². The molecule has 0 spiro atoms. The number of nitrogens with zero attached hydrogens (tertiary/aromatic N) is 4. The van der Waals surface area contributed by atoms with E-state index in [1.165, 1.54) is 11.0 Å². The zero-order valence-electron chi connectivity index (χ0n) is 17.5. The van der Waals surface area contributed by atoms with Crippen molar-refractivity contribution in [2.45, 2.75) is 35.7 Å². The Morgan fingerprint density at radius 2 is 1.97 bits per heavy atom. The van der Waals surface area contributed by atoms with Crippen LogP contribution in [0.3, 0.4) is 0 Å². The number of benzene rings is 2. The number of amides is 1. The molecule has 5 rings (SSSR count). The average molecular weight is 502 g/mol. The summed E-state index contributed by atoms with van der Waals surface area (Å²) >= 11 is 5.94. The van der Waals surface area contributed by atoms with E-state index in [0.717, 1.165) is 6.07 Å². The van der Waals surface area contributed by atoms with Crippen molar-refractivity contribution in [3.8, 4) is 17.5 Å². The number of anilines is 1. The molecule has 1 aliphatic carbocycles. The fourth-order valence-corrected chi connectivity index (χ4v) is 5.53. The summed E-state index contributed by atoms with van der Waals surface area (Å²) in [6, 6.07) is 9.45. The maximum atomic E-state index is 15.1. The largest absolute Gasteiger partial charge is 0.419 e. The van der Waals surface area contributed by atoms with Gasteiger partial charge in [-0.05, 0) is 42.7 Å². The van der Waals surface area contributed by atoms with Gasteiger partial charge in [0, 0.05) is 5.02 Å². The van der Waals surface area contributed by atoms with Crippen LogP contribution in [-0.2, 0) is 26.6 Å². The molecule has 2 aliphatic rings. The van der Waals surface area contributed by atoms with E-state index in [0.29, 0.717) is 23.4 Å². The zero-order chi connectivity index (χ0) is 24.3. The fraction of sp³-hybridized carbons (Fsp3) is 0.273. The van der Waals surface area contributed by atoms with Gasteiger partial charge < -0.3 is 15.1 Å². The third kappa shape index (κ3) is 3.73. The number of aromatic nitrogens is 2. The highest BCUT2D eigenvalue weighted by atomic mass is 35.5. The average Bonchev–Trinajstić information content (AvgIpc) is 3.46. The molecule has 0 unspecified atom stereocenters. The number of hydrogen-bond acceptors (Lipinski definition) is 8. The summed E-state index contributed by atoms with van der Waals surface area (Å²) in [5.74, 6) is -2.37. The minimum atomic E-state index is -4.08. The molecule has 1 aliphatic heterocycles. The Morgan fingerprint density at radius 3 is 2.62 bits per heavy atom. The SMILES string of the molecule is N#CC1(c2nnc(-c3cc4c(cc3F)S(=O)(=O)C[C@H](N)C(=O)N4Cc3ccc(Cl)cc3)o2)CC1. The van der Waals surface area contributed by atoms with Crippen molar-refractivity contribution in [3.63, 3.8) is 0 Å². The van der Waals surface area contributed by atoms with Gasteiger partial charge in [0.05, 0.1) is 40.6 Å². The molecule has 12 heteroatoms. The Labute approximate surface area is 198 Å². The molecule has 1 aromatic heterocycles. The first-order valence-electron chi connectivity index (χ1n) is 10.3. The second kappa shape index (κ2) is 7.87. The Bertz CT molecular complexity index is 1460. The third-order valence-electron chi connectivity index (χ3n) is 5.94. The van der Waals surface area contributed by atoms with Crippen molar-refractivity contribution in [1.82, 2.24) is 10.2 Å². The summed E-state index contributed by atoms with van der Waals surface area (Å²) in [5.41, 5.74) is 5.45. The van der Waals surface area contributed by atoms with Crippen LogP contribution >= 0.6 is 11.6 Å². The molecule has 3 aromatic rings. The maximum Gasteiger partial charge on any atom is 0.250 e. The van der Waals surface area contributed by atoms with Gasteiger partial charge in [-0.2, -0.15) is 5.26 Å². The molecule has 2 N–H and O–H groups in total. The van der Waals surface area contributed by atoms with Crippen LogP contribution in [-0.4, -0.2) is 36.3 Å². The van der Waals surface area contributed by atoms with E-state index < -0.39 is 38.8 Å². The molecular weight excluding hydrogens is 485 g/mol. The lowest BCUT2D eigenvalue weighted by Gasteiger charge is -2.24. The highest BCUT2D eigenvalue weighted by Crippen LogP contribution is 2.47. The molecule has 34 heavy (non-hydrogen) atoms. The van der Waals surface area contributed by atoms with Gasteiger partial charge in [0.25, 0.3) is 5.89 Å². The van der Waals surface area contributed by atoms with E-state index in [2.05, 4.69) is 16.3 Å². The Hall–Kier alpha value is -3.33. The Balaban J connectivity index is 1.65. The van der Waals surface area contributed by atoms with E-state index in [1.807, 2.05) is 0 Å². The van der Waals surface area contributed by atoms with Crippen LogP contribution in [0.1, 0.15) is 24.3 Å². The first kappa shape index (κ1) is 22.5. The number of halogens is 2. The number of hydrogen-bond donors (Lipinski definition) is 1. The third-order valence-corrected chi connectivity index (χ3v) is 7.99. The van der Waals surface area contributed by atoms with Crippen LogP contribution < -0.4 is 10.6 Å². The summed E-state index contributed by atoms with van der Waals surface area (Å²) in [6.07, 6.45) is 1.11. The number of nitrogens with two attached hydrogens (primary N) is 1. The molecule has 1 atom stereocenters. The summed E-state index contributed by atoms with van der Waals surface area (Å²) < 4.78 is 46.6. The van der Waals surface area contributed by atoms with Gasteiger partial charge in [0.15, 0.2) is 9.84 Å². The lowest BCUT2D eigenvalue weighted by molar-refractivity contribution is -0.119. The van der Waals surface area contributed by atoms with E-state index in [1.54, 1.807) is 24.3 Å². The smallest absolute Gasteiger partial charge is 0.250 e. The van der Waals surface area contributed by atoms with Crippen LogP contribution in [0, 0.1) is 17.1 Å². The lowest BCUT2D eigenvalue weighted by Crippen LogP contribution is -2.45. The lowest BCUT2D eigenvalue weighted by atomic mass is 10.1. The molecule has 174 valence electrons. The normalized spacial score (nSPS) is 20.4. The standard InChI is InChI=1S/C22H17ClFN5O4S/c23-13-3-1-12(2-4-13)9-29-17-7-14(19-27-28-21(33-19)22(11-25)5-6-22)15(24)8-18(17)34(31,32)10-16(26)20(29)30/h1-4,7-8,16H,5-6,9-10,26H2/t16-/m0/s1. The van der Waals surface area contributed by atoms with Crippen molar-refractivity contribution in [2.24, 2.45) is 5.73 Å². The van der Waals surface area contributed by atoms with E-state index in [4.69, 9.17) is 21.8 Å². The molecule has 2 aromatic carbocycles. The summed E-state index contributed by atoms with van der Waals surface area (Å²) in [4.78, 5) is 14.0. The minimum absolute atomic E-state index is 0.0239. The van der Waals surface area contributed by atoms with Crippen LogP contribution in [0.2, 0.25) is 5.02 Å². The van der Waals surface area contributed by atoms with Crippen LogP contribution in [0.4, 0.5) is 10.1 Å². The molecule has 2 heterocycles. The number of carbonyl (C=O) groups is 1. The Morgan fingerprint density at radius 1 is 1.26 bits per heavy atom. The van der Waals surface area contributed by atoms with Crippen molar-refractivity contribution in [2.75, 3.05) is 10.7 Å². The molecule has 1 fully saturated rings. The molecule has 1 saturated carbocycles. The maximum absolute atomic E-state index is 15.1. The fourth-order valence-electron chi connectivity index (χ4n) is 3.84. The van der Waals surface area contributed by atoms with Crippen molar-refractivity contribution in [1.29, 1.82) is 5.26 Å². The highest BCUT2D eigenvalue weighted by Gasteiger charge is 2.50. The zero-order valence-corrected chi connectivity index (χ0v) is 19.1. The van der Waals surface area contributed by atoms with Crippen LogP contribution in [0.15, 0.2) is 45.7 Å². The quantitative estimate of drug-likeness (QED) is 0.574. The Kier molecular flexibility index (Phi) is 5.20. The number of nitriles is 1. The first-order valence-corrected chi connectivity index (χ1v) is 12.3. The summed E-state index contributed by atoms with van der Waals surface area (Å²) in [6.45, 7) is -0.0239. The van der Waals surface area contributed by atoms with Gasteiger partial charge in [-0.1, -0.05) is 23.7 Å². The van der Waals surface area contributed by atoms with Crippen LogP contribution in [0.5, 0.6) is 0 Å². The number of sulfone groups is 1. The van der Waals surface area contributed by atoms with Gasteiger partial charge >= 0.3 is 0 Å². The predicted molar refractivity (Wildman–Crippen MR) is 119 cm³/mol. The monoisotopic (exact) mass is 501 g/mol. The van der Waals surface area contributed by atoms with E-state index in [9.17, 15) is 18.5 Å². The molecule has 1 amide bonds. The van der Waals surface area contributed by atoms with Crippen molar-refractivity contribution in [3.05, 3.63) is 58.7 Å². The predicted octanol–water partition coefficient (Wildman–Crippen LogP) is 2.73. The topological polar surface area (TPSA) is 143 Å². The summed E-state index contributed by atoms with van der Waals surface area (Å²) in [5, 5.41) is 17.6. The van der Waals surface area contributed by atoms with E-state index in [-0.39, 0.29) is 34.5 Å². The molecule has 9 nitrogen and oxygen atoms in total. The number of rotatable bonds is 4. The van der Waals surface area contributed by atoms with Crippen molar-refractivity contribution < 1.29 is 22.0 Å². The number of fused-ring (bicyclic) bond motifs is 1. The molecule has 0 bridgehead atoms.